The van der Waals surface area contributed by atoms with Crippen LogP contribution in [0.5, 0.6) is 0 Å². The molecule has 0 atom stereocenters. The third-order valence-corrected chi connectivity index (χ3v) is 4.30. The van der Waals surface area contributed by atoms with Gasteiger partial charge in [0.2, 0.25) is 0 Å². The van der Waals surface area contributed by atoms with Crippen LogP contribution in [0.2, 0.25) is 0 Å². The Morgan fingerprint density at radius 3 is 2.28 bits per heavy atom. The maximum Gasteiger partial charge on any atom is 1.00 e. The van der Waals surface area contributed by atoms with Gasteiger partial charge in [0.15, 0.2) is 0 Å². The van der Waals surface area contributed by atoms with Gasteiger partial charge in [-0.3, -0.25) is 4.99 Å². The zero-order chi connectivity index (χ0) is 13.0. The van der Waals surface area contributed by atoms with Gasteiger partial charge in [0.25, 0.3) is 0 Å². The van der Waals surface area contributed by atoms with Crippen LogP contribution < -0.4 is 51.4 Å². The molecule has 0 bridgehead atoms. The molecule has 0 saturated heterocycles. The second-order valence-electron chi connectivity index (χ2n) is 4.88. The molecule has 1 aliphatic rings. The molecule has 18 heavy (non-hydrogen) atoms. The molecule has 0 N–H and O–H groups in total. The van der Waals surface area contributed by atoms with Crippen molar-refractivity contribution in [2.45, 2.75) is 38.0 Å². The van der Waals surface area contributed by atoms with Crippen molar-refractivity contribution in [2.24, 2.45) is 4.99 Å². The van der Waals surface area contributed by atoms with Gasteiger partial charge in [-0.25, -0.2) is 8.42 Å². The van der Waals surface area contributed by atoms with Gasteiger partial charge in [-0.15, -0.1) is 0 Å². The Morgan fingerprint density at radius 2 is 1.78 bits per heavy atom. The van der Waals surface area contributed by atoms with E-state index in [9.17, 15) is 13.0 Å². The average molecular weight is 291 g/mol. The van der Waals surface area contributed by atoms with Gasteiger partial charge in [0.05, 0.1) is 10.6 Å². The van der Waals surface area contributed by atoms with Crippen molar-refractivity contribution in [3.63, 3.8) is 0 Å². The summed E-state index contributed by atoms with van der Waals surface area (Å²) in [6.07, 6.45) is 0. The van der Waals surface area contributed by atoms with E-state index < -0.39 is 10.1 Å². The number of hydrogen-bond donors (Lipinski definition) is 0. The number of rotatable bonds is 1. The van der Waals surface area contributed by atoms with Gasteiger partial charge in [0, 0.05) is 11.1 Å². The van der Waals surface area contributed by atoms with Gasteiger partial charge >= 0.3 is 51.4 Å². The minimum absolute atomic E-state index is 0. The van der Waals surface area contributed by atoms with E-state index >= 15 is 0 Å². The molecule has 92 valence electrons. The molecule has 1 aromatic carbocycles. The van der Waals surface area contributed by atoms with Gasteiger partial charge in [0.1, 0.15) is 10.1 Å². The quantitative estimate of drug-likeness (QED) is 0.507. The Kier molecular flexibility index (Phi) is 4.66. The third-order valence-electron chi connectivity index (χ3n) is 3.43. The Morgan fingerprint density at radius 1 is 1.22 bits per heavy atom. The first kappa shape index (κ1) is 16.5. The first-order valence-electron chi connectivity index (χ1n) is 5.31. The topological polar surface area (TPSA) is 69.6 Å². The molecule has 0 aromatic heterocycles. The predicted octanol–water partition coefficient (Wildman–Crippen LogP) is -0.713. The standard InChI is InChI=1S/C12H15NO3S.K/c1-7-5-6-9(17(14,15)16)11-10(7)12(3,4)8(2)13-11;/h5-6H,1-4H3,(H,14,15,16);/q;+1/p-1. The first-order chi connectivity index (χ1) is 7.65. The molecule has 0 saturated carbocycles. The number of fused-ring (bicyclic) bond motifs is 1. The van der Waals surface area contributed by atoms with Crippen LogP contribution in [0.25, 0.3) is 0 Å². The maximum atomic E-state index is 11.2. The molecule has 0 aliphatic carbocycles. The Balaban J connectivity index is 0.00000162. The van der Waals surface area contributed by atoms with Crippen LogP contribution >= 0.6 is 0 Å². The minimum atomic E-state index is -4.48. The Hall–Kier alpha value is 0.436. The van der Waals surface area contributed by atoms with Crippen LogP contribution in [0, 0.1) is 6.92 Å². The molecule has 1 aromatic rings. The molecule has 6 heteroatoms. The zero-order valence-corrected chi connectivity index (χ0v) is 15.2. The molecule has 0 amide bonds. The average Bonchev–Trinajstić information content (AvgIpc) is 2.37. The summed E-state index contributed by atoms with van der Waals surface area (Å²) in [6.45, 7) is 7.70. The van der Waals surface area contributed by atoms with Crippen molar-refractivity contribution in [1.82, 2.24) is 0 Å². The van der Waals surface area contributed by atoms with E-state index in [1.807, 2.05) is 27.7 Å². The maximum absolute atomic E-state index is 11.2. The van der Waals surface area contributed by atoms with E-state index in [1.165, 1.54) is 6.07 Å². The second-order valence-corrected chi connectivity index (χ2v) is 6.23. The summed E-state index contributed by atoms with van der Waals surface area (Å²) in [5, 5.41) is 0. The summed E-state index contributed by atoms with van der Waals surface area (Å²) < 4.78 is 33.6. The monoisotopic (exact) mass is 291 g/mol. The van der Waals surface area contributed by atoms with Gasteiger partial charge in [-0.2, -0.15) is 0 Å². The molecule has 1 aliphatic heterocycles. The molecule has 4 nitrogen and oxygen atoms in total. The fourth-order valence-electron chi connectivity index (χ4n) is 2.26. The fourth-order valence-corrected chi connectivity index (χ4v) is 2.88. The first-order valence-corrected chi connectivity index (χ1v) is 6.72. The summed E-state index contributed by atoms with van der Waals surface area (Å²) in [4.78, 5) is 4.05. The van der Waals surface area contributed by atoms with Crippen molar-refractivity contribution in [3.05, 3.63) is 23.3 Å². The Labute approximate surface area is 150 Å². The summed E-state index contributed by atoms with van der Waals surface area (Å²) in [6, 6.07) is 3.01. The summed E-state index contributed by atoms with van der Waals surface area (Å²) in [5.74, 6) is 0. The third kappa shape index (κ3) is 2.52. The normalized spacial score (nSPS) is 16.8. The summed E-state index contributed by atoms with van der Waals surface area (Å²) in [7, 11) is -4.48. The predicted molar refractivity (Wildman–Crippen MR) is 64.9 cm³/mol. The van der Waals surface area contributed by atoms with E-state index in [2.05, 4.69) is 4.99 Å². The van der Waals surface area contributed by atoms with Crippen molar-refractivity contribution < 1.29 is 64.4 Å². The number of aryl methyl sites for hydroxylation is 1. The molecule has 0 fully saturated rings. The van der Waals surface area contributed by atoms with Crippen molar-refractivity contribution in [3.8, 4) is 0 Å². The van der Waals surface area contributed by atoms with Gasteiger partial charge in [-0.1, -0.05) is 19.9 Å². The zero-order valence-electron chi connectivity index (χ0n) is 11.2. The fraction of sp³-hybridized carbons (Fsp3) is 0.417. The molecular formula is C12H14KNO3S. The minimum Gasteiger partial charge on any atom is -0.744 e. The molecular weight excluding hydrogens is 277 g/mol. The summed E-state index contributed by atoms with van der Waals surface area (Å²) in [5.41, 5.74) is 2.62. The van der Waals surface area contributed by atoms with Crippen LogP contribution in [-0.2, 0) is 15.5 Å². The number of benzene rings is 1. The van der Waals surface area contributed by atoms with Crippen LogP contribution in [0.1, 0.15) is 31.9 Å². The van der Waals surface area contributed by atoms with Crippen LogP contribution in [0.15, 0.2) is 22.0 Å². The molecule has 0 spiro atoms. The SMILES string of the molecule is CC1=Nc2c(S(=O)(=O)[O-])ccc(C)c2C1(C)C.[K+]. The van der Waals surface area contributed by atoms with Crippen LogP contribution in [0.3, 0.4) is 0 Å². The largest absolute Gasteiger partial charge is 1.00 e. The van der Waals surface area contributed by atoms with E-state index in [0.717, 1.165) is 16.8 Å². The van der Waals surface area contributed by atoms with Gasteiger partial charge < -0.3 is 4.55 Å². The van der Waals surface area contributed by atoms with Gasteiger partial charge in [-0.05, 0) is 31.0 Å². The van der Waals surface area contributed by atoms with E-state index in [0.29, 0.717) is 5.69 Å². The molecule has 2 rings (SSSR count). The van der Waals surface area contributed by atoms with Crippen molar-refractivity contribution in [2.75, 3.05) is 0 Å². The number of hydrogen-bond acceptors (Lipinski definition) is 4. The smallest absolute Gasteiger partial charge is 0.744 e. The number of nitrogens with zero attached hydrogens (tertiary/aromatic N) is 1. The molecule has 1 heterocycles. The number of aliphatic imine (C=N–C) groups is 1. The van der Waals surface area contributed by atoms with Crippen LogP contribution in [-0.4, -0.2) is 18.7 Å². The van der Waals surface area contributed by atoms with E-state index in [-0.39, 0.29) is 61.7 Å². The van der Waals surface area contributed by atoms with E-state index in [1.54, 1.807) is 6.07 Å². The summed E-state index contributed by atoms with van der Waals surface area (Å²) >= 11 is 0. The van der Waals surface area contributed by atoms with E-state index in [4.69, 9.17) is 0 Å². The Bertz CT molecular complexity index is 633. The second kappa shape index (κ2) is 5.08. The van der Waals surface area contributed by atoms with Crippen LogP contribution in [0.4, 0.5) is 5.69 Å². The van der Waals surface area contributed by atoms with Crippen molar-refractivity contribution >= 4 is 21.5 Å². The molecule has 0 radical (unpaired) electrons. The molecule has 0 unspecified atom stereocenters. The van der Waals surface area contributed by atoms with Crippen molar-refractivity contribution in [1.29, 1.82) is 0 Å².